The molecule has 1 aliphatic heterocycles. The minimum Gasteiger partial charge on any atom is -0.364 e. The van der Waals surface area contributed by atoms with Crippen molar-refractivity contribution in [1.82, 2.24) is 10.2 Å². The molecule has 4 nitrogen and oxygen atoms in total. The normalized spacial score (nSPS) is 23.1. The molecule has 1 aromatic carbocycles. The Morgan fingerprint density at radius 3 is 2.73 bits per heavy atom. The van der Waals surface area contributed by atoms with Crippen LogP contribution in [-0.2, 0) is 14.9 Å². The third-order valence-corrected chi connectivity index (χ3v) is 5.23. The molecule has 0 bridgehead atoms. The number of fused-ring (bicyclic) bond motifs is 2. The average molecular weight is 302 g/mol. The zero-order valence-electron chi connectivity index (χ0n) is 13.6. The van der Waals surface area contributed by atoms with Crippen LogP contribution in [0, 0.1) is 0 Å². The van der Waals surface area contributed by atoms with Crippen LogP contribution in [-0.4, -0.2) is 44.6 Å². The first-order valence-corrected chi connectivity index (χ1v) is 8.24. The van der Waals surface area contributed by atoms with Crippen LogP contribution in [0.25, 0.3) is 0 Å². The minimum absolute atomic E-state index is 0.0274. The van der Waals surface area contributed by atoms with Crippen LogP contribution in [0.3, 0.4) is 0 Å². The van der Waals surface area contributed by atoms with Gasteiger partial charge in [-0.05, 0) is 55.3 Å². The summed E-state index contributed by atoms with van der Waals surface area (Å²) < 4.78 is 5.96. The van der Waals surface area contributed by atoms with Gasteiger partial charge in [-0.15, -0.1) is 0 Å². The molecule has 1 aliphatic carbocycles. The molecule has 1 fully saturated rings. The fourth-order valence-electron chi connectivity index (χ4n) is 3.86. The smallest absolute Gasteiger partial charge is 0.248 e. The molecular weight excluding hydrogens is 276 g/mol. The van der Waals surface area contributed by atoms with E-state index in [2.05, 4.69) is 29.6 Å². The SMILES string of the molecule is CN(C)C(=O)CO[C@@H]1CCC2(CCNCC2)c2ccccc21. The van der Waals surface area contributed by atoms with Gasteiger partial charge >= 0.3 is 0 Å². The lowest BCUT2D eigenvalue weighted by molar-refractivity contribution is -0.136. The number of piperidine rings is 1. The predicted molar refractivity (Wildman–Crippen MR) is 86.8 cm³/mol. The molecule has 1 spiro atoms. The number of carbonyl (C=O) groups is 1. The van der Waals surface area contributed by atoms with Gasteiger partial charge in [-0.25, -0.2) is 0 Å². The van der Waals surface area contributed by atoms with E-state index < -0.39 is 0 Å². The Morgan fingerprint density at radius 1 is 1.27 bits per heavy atom. The molecule has 1 aromatic rings. The first-order valence-electron chi connectivity index (χ1n) is 8.24. The Labute approximate surface area is 132 Å². The number of hydrogen-bond donors (Lipinski definition) is 1. The van der Waals surface area contributed by atoms with Crippen LogP contribution in [0.2, 0.25) is 0 Å². The first kappa shape index (κ1) is 15.5. The van der Waals surface area contributed by atoms with Crippen molar-refractivity contribution in [3.63, 3.8) is 0 Å². The van der Waals surface area contributed by atoms with E-state index in [0.717, 1.165) is 25.9 Å². The number of rotatable bonds is 3. The Hall–Kier alpha value is -1.39. The number of nitrogens with zero attached hydrogens (tertiary/aromatic N) is 1. The molecule has 0 unspecified atom stereocenters. The molecule has 1 atom stereocenters. The van der Waals surface area contributed by atoms with Crippen LogP contribution < -0.4 is 5.32 Å². The molecule has 0 saturated carbocycles. The molecule has 22 heavy (non-hydrogen) atoms. The van der Waals surface area contributed by atoms with Crippen LogP contribution in [0.1, 0.15) is 42.9 Å². The van der Waals surface area contributed by atoms with Gasteiger partial charge in [-0.1, -0.05) is 24.3 Å². The maximum absolute atomic E-state index is 11.8. The maximum atomic E-state index is 11.8. The van der Waals surface area contributed by atoms with Crippen molar-refractivity contribution >= 4 is 5.91 Å². The average Bonchev–Trinajstić information content (AvgIpc) is 2.55. The van der Waals surface area contributed by atoms with Crippen molar-refractivity contribution in [3.05, 3.63) is 35.4 Å². The fourth-order valence-corrected chi connectivity index (χ4v) is 3.86. The summed E-state index contributed by atoms with van der Waals surface area (Å²) in [5.41, 5.74) is 3.06. The third-order valence-electron chi connectivity index (χ3n) is 5.23. The monoisotopic (exact) mass is 302 g/mol. The highest BCUT2D eigenvalue weighted by atomic mass is 16.5. The van der Waals surface area contributed by atoms with Crippen LogP contribution in [0.4, 0.5) is 0 Å². The van der Waals surface area contributed by atoms with Gasteiger partial charge in [0.15, 0.2) is 0 Å². The van der Waals surface area contributed by atoms with Gasteiger partial charge in [0, 0.05) is 14.1 Å². The number of carbonyl (C=O) groups excluding carboxylic acids is 1. The molecule has 0 radical (unpaired) electrons. The second kappa shape index (κ2) is 6.39. The number of ether oxygens (including phenoxy) is 1. The number of nitrogens with one attached hydrogen (secondary N) is 1. The van der Waals surface area contributed by atoms with Gasteiger partial charge in [0.05, 0.1) is 6.10 Å². The molecule has 3 rings (SSSR count). The molecule has 1 saturated heterocycles. The zero-order chi connectivity index (χ0) is 15.6. The van der Waals surface area contributed by atoms with E-state index in [1.54, 1.807) is 19.0 Å². The fraction of sp³-hybridized carbons (Fsp3) is 0.611. The quantitative estimate of drug-likeness (QED) is 0.931. The maximum Gasteiger partial charge on any atom is 0.248 e. The molecule has 1 N–H and O–H groups in total. The van der Waals surface area contributed by atoms with Crippen molar-refractivity contribution in [2.24, 2.45) is 0 Å². The van der Waals surface area contributed by atoms with Gasteiger partial charge in [0.25, 0.3) is 0 Å². The second-order valence-corrected chi connectivity index (χ2v) is 6.74. The second-order valence-electron chi connectivity index (χ2n) is 6.74. The summed E-state index contributed by atoms with van der Waals surface area (Å²) in [6.07, 6.45) is 4.63. The van der Waals surface area contributed by atoms with Crippen molar-refractivity contribution in [3.8, 4) is 0 Å². The van der Waals surface area contributed by atoms with Gasteiger partial charge in [-0.2, -0.15) is 0 Å². The van der Waals surface area contributed by atoms with Crippen LogP contribution in [0.15, 0.2) is 24.3 Å². The number of benzene rings is 1. The van der Waals surface area contributed by atoms with Crippen molar-refractivity contribution in [1.29, 1.82) is 0 Å². The van der Waals surface area contributed by atoms with E-state index in [4.69, 9.17) is 4.74 Å². The van der Waals surface area contributed by atoms with E-state index in [9.17, 15) is 4.79 Å². The van der Waals surface area contributed by atoms with Gasteiger partial charge < -0.3 is 15.0 Å². The lowest BCUT2D eigenvalue weighted by atomic mass is 9.64. The highest BCUT2D eigenvalue weighted by molar-refractivity contribution is 5.76. The summed E-state index contributed by atoms with van der Waals surface area (Å²) >= 11 is 0. The van der Waals surface area contributed by atoms with Crippen LogP contribution >= 0.6 is 0 Å². The van der Waals surface area contributed by atoms with Crippen molar-refractivity contribution in [2.45, 2.75) is 37.2 Å². The summed E-state index contributed by atoms with van der Waals surface area (Å²) in [6, 6.07) is 8.67. The zero-order valence-corrected chi connectivity index (χ0v) is 13.6. The summed E-state index contributed by atoms with van der Waals surface area (Å²) in [4.78, 5) is 13.4. The number of amides is 1. The first-order chi connectivity index (χ1) is 10.6. The summed E-state index contributed by atoms with van der Waals surface area (Å²) in [6.45, 7) is 2.36. The Balaban J connectivity index is 1.80. The van der Waals surface area contributed by atoms with E-state index in [-0.39, 0.29) is 18.6 Å². The summed E-state index contributed by atoms with van der Waals surface area (Å²) in [7, 11) is 3.54. The lowest BCUT2D eigenvalue weighted by Crippen LogP contribution is -2.43. The molecule has 4 heteroatoms. The Kier molecular flexibility index (Phi) is 4.50. The van der Waals surface area contributed by atoms with E-state index in [1.165, 1.54) is 24.0 Å². The predicted octanol–water partition coefficient (Wildman–Crippen LogP) is 2.25. The number of likely N-dealkylation sites (N-methyl/N-ethyl adjacent to an activating group) is 1. The van der Waals surface area contributed by atoms with Gasteiger partial charge in [0.2, 0.25) is 5.91 Å². The molecule has 1 heterocycles. The van der Waals surface area contributed by atoms with E-state index >= 15 is 0 Å². The standard InChI is InChI=1S/C18H26N2O2/c1-20(2)17(21)13-22-16-7-8-18(9-11-19-12-10-18)15-6-4-3-5-14(15)16/h3-6,16,19H,7-13H2,1-2H3/t16-/m1/s1. The highest BCUT2D eigenvalue weighted by Crippen LogP contribution is 2.47. The highest BCUT2D eigenvalue weighted by Gasteiger charge is 2.40. The van der Waals surface area contributed by atoms with Gasteiger partial charge in [-0.3, -0.25) is 4.79 Å². The Bertz CT molecular complexity index is 536. The number of hydrogen-bond acceptors (Lipinski definition) is 3. The largest absolute Gasteiger partial charge is 0.364 e. The third kappa shape index (κ3) is 2.90. The minimum atomic E-state index is 0.0274. The Morgan fingerprint density at radius 2 is 2.00 bits per heavy atom. The van der Waals surface area contributed by atoms with Crippen LogP contribution in [0.5, 0.6) is 0 Å². The summed E-state index contributed by atoms with van der Waals surface area (Å²) in [5.74, 6) is 0.0274. The molecule has 0 aromatic heterocycles. The molecule has 1 amide bonds. The molecule has 2 aliphatic rings. The van der Waals surface area contributed by atoms with Crippen molar-refractivity contribution in [2.75, 3.05) is 33.8 Å². The van der Waals surface area contributed by atoms with Crippen molar-refractivity contribution < 1.29 is 9.53 Å². The van der Waals surface area contributed by atoms with E-state index in [0.29, 0.717) is 5.41 Å². The van der Waals surface area contributed by atoms with E-state index in [1.807, 2.05) is 0 Å². The summed E-state index contributed by atoms with van der Waals surface area (Å²) in [5, 5.41) is 3.47. The topological polar surface area (TPSA) is 41.6 Å². The molecular formula is C18H26N2O2. The van der Waals surface area contributed by atoms with Gasteiger partial charge in [0.1, 0.15) is 6.61 Å². The molecule has 120 valence electrons. The lowest BCUT2D eigenvalue weighted by Gasteiger charge is -2.44.